The van der Waals surface area contributed by atoms with E-state index in [4.69, 9.17) is 0 Å². The van der Waals surface area contributed by atoms with Crippen molar-refractivity contribution in [3.05, 3.63) is 53.6 Å². The summed E-state index contributed by atoms with van der Waals surface area (Å²) in [6, 6.07) is 10.3. The summed E-state index contributed by atoms with van der Waals surface area (Å²) in [6.45, 7) is 4.12. The summed E-state index contributed by atoms with van der Waals surface area (Å²) in [5.74, 6) is 0.0491. The van der Waals surface area contributed by atoms with Gasteiger partial charge in [-0.25, -0.2) is 21.6 Å². The first-order chi connectivity index (χ1) is 13.5. The Morgan fingerprint density at radius 3 is 2.14 bits per heavy atom. The molecule has 0 bridgehead atoms. The Morgan fingerprint density at radius 1 is 1.00 bits per heavy atom. The number of sulfone groups is 1. The number of carbonyl (C=O) groups excluding carboxylic acids is 1. The van der Waals surface area contributed by atoms with Crippen molar-refractivity contribution in [2.75, 3.05) is 17.7 Å². The second-order valence-corrected chi connectivity index (χ2v) is 11.0. The number of hydrogen-bond donors (Lipinski definition) is 1. The first-order valence-electron chi connectivity index (χ1n) is 9.22. The first kappa shape index (κ1) is 21.5. The topological polar surface area (TPSA) is 101 Å². The van der Waals surface area contributed by atoms with E-state index in [0.717, 1.165) is 18.4 Å². The van der Waals surface area contributed by atoms with Crippen molar-refractivity contribution < 1.29 is 21.6 Å². The number of carbonyl (C=O) groups is 1. The molecule has 7 nitrogen and oxygen atoms in total. The Morgan fingerprint density at radius 2 is 1.62 bits per heavy atom. The molecule has 0 radical (unpaired) electrons. The summed E-state index contributed by atoms with van der Waals surface area (Å²) in [4.78, 5) is 13.9. The van der Waals surface area contributed by atoms with Crippen LogP contribution in [0.4, 0.5) is 5.69 Å². The summed E-state index contributed by atoms with van der Waals surface area (Å²) in [5.41, 5.74) is 2.10. The molecule has 1 saturated heterocycles. The van der Waals surface area contributed by atoms with E-state index in [0.29, 0.717) is 24.1 Å². The molecule has 1 amide bonds. The highest BCUT2D eigenvalue weighted by atomic mass is 32.2. The molecule has 29 heavy (non-hydrogen) atoms. The Labute approximate surface area is 171 Å². The molecule has 1 N–H and O–H groups in total. The maximum atomic E-state index is 12.8. The number of sulfonamides is 1. The van der Waals surface area contributed by atoms with Gasteiger partial charge in [-0.15, -0.1) is 0 Å². The molecule has 3 rings (SSSR count). The third kappa shape index (κ3) is 4.68. The van der Waals surface area contributed by atoms with Gasteiger partial charge in [-0.2, -0.15) is 0 Å². The first-order valence-corrected chi connectivity index (χ1v) is 12.6. The lowest BCUT2D eigenvalue weighted by molar-refractivity contribution is -0.117. The average Bonchev–Trinajstić information content (AvgIpc) is 3.06. The van der Waals surface area contributed by atoms with Gasteiger partial charge < -0.3 is 4.90 Å². The van der Waals surface area contributed by atoms with Gasteiger partial charge in [-0.05, 0) is 61.7 Å². The number of hydrogen-bond acceptors (Lipinski definition) is 5. The zero-order valence-electron chi connectivity index (χ0n) is 16.5. The van der Waals surface area contributed by atoms with Gasteiger partial charge in [-0.1, -0.05) is 12.1 Å². The minimum Gasteiger partial charge on any atom is -0.312 e. The molecule has 156 valence electrons. The Bertz CT molecular complexity index is 1140. The monoisotopic (exact) mass is 436 g/mol. The van der Waals surface area contributed by atoms with Crippen LogP contribution in [-0.2, 0) is 24.7 Å². The third-order valence-electron chi connectivity index (χ3n) is 4.98. The Kier molecular flexibility index (Phi) is 5.84. The highest BCUT2D eigenvalue weighted by molar-refractivity contribution is 7.90. The number of anilines is 1. The van der Waals surface area contributed by atoms with Gasteiger partial charge >= 0.3 is 0 Å². The molecule has 1 atom stereocenters. The van der Waals surface area contributed by atoms with E-state index in [2.05, 4.69) is 4.72 Å². The zero-order valence-corrected chi connectivity index (χ0v) is 18.2. The number of rotatable bonds is 6. The number of amides is 1. The van der Waals surface area contributed by atoms with Crippen LogP contribution >= 0.6 is 0 Å². The van der Waals surface area contributed by atoms with E-state index in [1.807, 2.05) is 0 Å². The molecule has 9 heteroatoms. The maximum absolute atomic E-state index is 12.8. The van der Waals surface area contributed by atoms with E-state index in [9.17, 15) is 21.6 Å². The lowest BCUT2D eigenvalue weighted by Gasteiger charge is -2.20. The Balaban J connectivity index is 1.80. The second-order valence-electron chi connectivity index (χ2n) is 7.28. The number of nitrogens with one attached hydrogen (secondary N) is 1. The summed E-state index contributed by atoms with van der Waals surface area (Å²) in [7, 11) is -7.10. The number of benzene rings is 2. The summed E-state index contributed by atoms with van der Waals surface area (Å²) < 4.78 is 51.4. The second kappa shape index (κ2) is 7.89. The predicted molar refractivity (Wildman–Crippen MR) is 111 cm³/mol. The molecule has 0 aromatic heterocycles. The number of aryl methyl sites for hydroxylation is 1. The fourth-order valence-corrected chi connectivity index (χ4v) is 5.32. The Hall–Kier alpha value is -2.23. The minimum absolute atomic E-state index is 0.0491. The van der Waals surface area contributed by atoms with Crippen LogP contribution in [0.25, 0.3) is 0 Å². The minimum atomic E-state index is -3.79. The van der Waals surface area contributed by atoms with E-state index >= 15 is 0 Å². The molecule has 0 aliphatic carbocycles. The van der Waals surface area contributed by atoms with Crippen LogP contribution in [0.1, 0.15) is 36.9 Å². The quantitative estimate of drug-likeness (QED) is 0.750. The molecule has 1 aliphatic rings. The molecule has 1 heterocycles. The van der Waals surface area contributed by atoms with Gasteiger partial charge in [0.25, 0.3) is 0 Å². The van der Waals surface area contributed by atoms with Gasteiger partial charge in [0.15, 0.2) is 9.84 Å². The SMILES string of the molecule is Cc1cc(S(=O)(=O)N[C@H](C)c2ccc(S(C)(=O)=O)cc2)ccc1N1CCCC1=O. The summed E-state index contributed by atoms with van der Waals surface area (Å²) in [6.07, 6.45) is 2.43. The molecule has 1 aliphatic heterocycles. The van der Waals surface area contributed by atoms with Crippen LogP contribution in [0.2, 0.25) is 0 Å². The highest BCUT2D eigenvalue weighted by Gasteiger charge is 2.25. The van der Waals surface area contributed by atoms with Crippen LogP contribution in [0, 0.1) is 6.92 Å². The van der Waals surface area contributed by atoms with Crippen molar-refractivity contribution in [2.45, 2.75) is 42.5 Å². The van der Waals surface area contributed by atoms with E-state index in [1.54, 1.807) is 43.0 Å². The summed E-state index contributed by atoms with van der Waals surface area (Å²) in [5, 5.41) is 0. The highest BCUT2D eigenvalue weighted by Crippen LogP contribution is 2.28. The fourth-order valence-electron chi connectivity index (χ4n) is 3.37. The average molecular weight is 437 g/mol. The molecule has 2 aromatic rings. The van der Waals surface area contributed by atoms with E-state index in [-0.39, 0.29) is 15.7 Å². The molecule has 2 aromatic carbocycles. The van der Waals surface area contributed by atoms with Crippen molar-refractivity contribution in [1.82, 2.24) is 4.72 Å². The van der Waals surface area contributed by atoms with Gasteiger partial charge in [0.05, 0.1) is 9.79 Å². The van der Waals surface area contributed by atoms with Crippen LogP contribution < -0.4 is 9.62 Å². The smallest absolute Gasteiger partial charge is 0.241 e. The maximum Gasteiger partial charge on any atom is 0.241 e. The van der Waals surface area contributed by atoms with Gasteiger partial charge in [0.1, 0.15) is 0 Å². The molecule has 1 fully saturated rings. The van der Waals surface area contributed by atoms with Crippen LogP contribution in [0.15, 0.2) is 52.3 Å². The van der Waals surface area contributed by atoms with Crippen molar-refractivity contribution in [3.8, 4) is 0 Å². The molecule has 0 saturated carbocycles. The summed E-state index contributed by atoms with van der Waals surface area (Å²) >= 11 is 0. The molecular formula is C20H24N2O5S2. The molecular weight excluding hydrogens is 412 g/mol. The van der Waals surface area contributed by atoms with Crippen molar-refractivity contribution in [2.24, 2.45) is 0 Å². The predicted octanol–water partition coefficient (Wildman–Crippen LogP) is 2.56. The van der Waals surface area contributed by atoms with Crippen molar-refractivity contribution in [3.63, 3.8) is 0 Å². The largest absolute Gasteiger partial charge is 0.312 e. The zero-order chi connectivity index (χ0) is 21.4. The van der Waals surface area contributed by atoms with E-state index in [1.165, 1.54) is 18.2 Å². The van der Waals surface area contributed by atoms with E-state index < -0.39 is 25.9 Å². The molecule has 0 unspecified atom stereocenters. The third-order valence-corrected chi connectivity index (χ3v) is 7.65. The van der Waals surface area contributed by atoms with Gasteiger partial charge in [-0.3, -0.25) is 4.79 Å². The normalized spacial score (nSPS) is 16.2. The van der Waals surface area contributed by atoms with Crippen LogP contribution in [0.3, 0.4) is 0 Å². The van der Waals surface area contributed by atoms with Crippen molar-refractivity contribution in [1.29, 1.82) is 0 Å². The lowest BCUT2D eigenvalue weighted by atomic mass is 10.1. The number of nitrogens with zero attached hydrogens (tertiary/aromatic N) is 1. The van der Waals surface area contributed by atoms with Crippen LogP contribution in [0.5, 0.6) is 0 Å². The van der Waals surface area contributed by atoms with Crippen LogP contribution in [-0.4, -0.2) is 35.5 Å². The molecule has 0 spiro atoms. The lowest BCUT2D eigenvalue weighted by Crippen LogP contribution is -2.28. The van der Waals surface area contributed by atoms with Crippen molar-refractivity contribution >= 4 is 31.5 Å². The standard InChI is InChI=1S/C20H24N2O5S2/c1-14-13-18(10-11-19(14)22-12-4-5-20(22)23)29(26,27)21-15(2)16-6-8-17(9-7-16)28(3,24)25/h6-11,13,15,21H,4-5,12H2,1-3H3/t15-/m1/s1. The van der Waals surface area contributed by atoms with Gasteiger partial charge in [0.2, 0.25) is 15.9 Å². The fraction of sp³-hybridized carbons (Fsp3) is 0.350. The van der Waals surface area contributed by atoms with Gasteiger partial charge in [0, 0.05) is 31.0 Å².